The topological polar surface area (TPSA) is 67.4 Å². The van der Waals surface area contributed by atoms with Crippen molar-refractivity contribution in [2.75, 3.05) is 10.6 Å². The number of benzene rings is 6. The highest BCUT2D eigenvalue weighted by Crippen LogP contribution is 2.31. The minimum Gasteiger partial charge on any atom is -0.457 e. The van der Waals surface area contributed by atoms with E-state index in [-0.39, 0.29) is 23.7 Å². The fourth-order valence-electron chi connectivity index (χ4n) is 5.74. The van der Waals surface area contributed by atoms with Gasteiger partial charge in [-0.3, -0.25) is 9.59 Å². The van der Waals surface area contributed by atoms with E-state index in [9.17, 15) is 9.59 Å². The Bertz CT molecular complexity index is 1640. The second kappa shape index (κ2) is 15.4. The van der Waals surface area contributed by atoms with Gasteiger partial charge in [0.2, 0.25) is 11.8 Å². The van der Waals surface area contributed by atoms with Crippen LogP contribution in [0, 0.1) is 0 Å². The van der Waals surface area contributed by atoms with E-state index in [0.717, 1.165) is 22.3 Å². The molecule has 2 amide bonds. The molecule has 6 rings (SSSR count). The van der Waals surface area contributed by atoms with Gasteiger partial charge in [-0.05, 0) is 70.8 Å². The van der Waals surface area contributed by atoms with Gasteiger partial charge in [0, 0.05) is 36.1 Å². The first-order chi connectivity index (χ1) is 23.1. The predicted octanol–water partition coefficient (Wildman–Crippen LogP) is 9.80. The maximum Gasteiger partial charge on any atom is 0.225 e. The van der Waals surface area contributed by atoms with Gasteiger partial charge < -0.3 is 15.4 Å². The third-order valence-corrected chi connectivity index (χ3v) is 8.10. The lowest BCUT2D eigenvalue weighted by atomic mass is 9.88. The van der Waals surface area contributed by atoms with Crippen LogP contribution in [0.1, 0.15) is 46.9 Å². The largest absolute Gasteiger partial charge is 0.457 e. The summed E-state index contributed by atoms with van der Waals surface area (Å²) >= 11 is 0. The average Bonchev–Trinajstić information content (AvgIpc) is 3.13. The number of hydrogen-bond acceptors (Lipinski definition) is 3. The van der Waals surface area contributed by atoms with Gasteiger partial charge in [-0.15, -0.1) is 0 Å². The second-order valence-corrected chi connectivity index (χ2v) is 11.4. The van der Waals surface area contributed by atoms with Crippen molar-refractivity contribution in [2.45, 2.75) is 24.7 Å². The van der Waals surface area contributed by atoms with E-state index in [1.165, 1.54) is 0 Å². The minimum atomic E-state index is -0.0622. The minimum absolute atomic E-state index is 0.0399. The first-order valence-electron chi connectivity index (χ1n) is 15.8. The van der Waals surface area contributed by atoms with Crippen molar-refractivity contribution in [1.29, 1.82) is 0 Å². The summed E-state index contributed by atoms with van der Waals surface area (Å²) in [6.07, 6.45) is 0.655. The molecule has 0 aliphatic rings. The van der Waals surface area contributed by atoms with Crippen molar-refractivity contribution < 1.29 is 14.3 Å². The molecule has 2 N–H and O–H groups in total. The number of carbonyl (C=O) groups is 2. The summed E-state index contributed by atoms with van der Waals surface area (Å²) in [5, 5.41) is 6.06. The van der Waals surface area contributed by atoms with Crippen LogP contribution in [0.15, 0.2) is 170 Å². The number of carbonyl (C=O) groups excluding carboxylic acids is 2. The molecule has 6 aromatic rings. The van der Waals surface area contributed by atoms with Crippen LogP contribution in [0.25, 0.3) is 0 Å². The van der Waals surface area contributed by atoms with Gasteiger partial charge in [0.25, 0.3) is 0 Å². The van der Waals surface area contributed by atoms with Gasteiger partial charge in [-0.25, -0.2) is 0 Å². The Labute approximate surface area is 275 Å². The molecule has 0 saturated heterocycles. The van der Waals surface area contributed by atoms with Crippen molar-refractivity contribution in [2.24, 2.45) is 0 Å². The van der Waals surface area contributed by atoms with Crippen LogP contribution in [-0.2, 0) is 9.59 Å². The van der Waals surface area contributed by atoms with E-state index in [0.29, 0.717) is 35.7 Å². The predicted molar refractivity (Wildman–Crippen MR) is 189 cm³/mol. The molecule has 0 unspecified atom stereocenters. The van der Waals surface area contributed by atoms with E-state index in [1.807, 2.05) is 121 Å². The monoisotopic (exact) mass is 616 g/mol. The number of amides is 2. The van der Waals surface area contributed by atoms with Crippen molar-refractivity contribution in [3.63, 3.8) is 0 Å². The molecule has 6 aromatic carbocycles. The molecule has 47 heavy (non-hydrogen) atoms. The molecule has 5 nitrogen and oxygen atoms in total. The fraction of sp³-hybridized carbons (Fsp3) is 0.0952. The highest BCUT2D eigenvalue weighted by Gasteiger charge is 2.19. The van der Waals surface area contributed by atoms with E-state index >= 15 is 0 Å². The molecule has 232 valence electrons. The van der Waals surface area contributed by atoms with Crippen LogP contribution in [0.2, 0.25) is 0 Å². The van der Waals surface area contributed by atoms with Gasteiger partial charge in [0.1, 0.15) is 11.5 Å². The maximum absolute atomic E-state index is 13.1. The number of rotatable bonds is 12. The van der Waals surface area contributed by atoms with Crippen molar-refractivity contribution >= 4 is 23.2 Å². The molecule has 5 heteroatoms. The van der Waals surface area contributed by atoms with E-state index in [4.69, 9.17) is 4.74 Å². The van der Waals surface area contributed by atoms with Gasteiger partial charge in [0.15, 0.2) is 0 Å². The van der Waals surface area contributed by atoms with Gasteiger partial charge in [-0.1, -0.05) is 121 Å². The molecule has 0 aromatic heterocycles. The standard InChI is InChI=1S/C42H36N2O3/c45-41(29-39(31-13-5-1-6-14-31)32-15-7-2-8-16-32)43-35-21-25-37(26-22-35)47-38-27-23-36(24-28-38)44-42(46)30-40(33-17-9-3-10-18-33)34-19-11-4-12-20-34/h1-28,39-40H,29-30H2,(H,43,45)(H,44,46). The van der Waals surface area contributed by atoms with Gasteiger partial charge in [-0.2, -0.15) is 0 Å². The molecular weight excluding hydrogens is 580 g/mol. The van der Waals surface area contributed by atoms with Crippen LogP contribution in [0.4, 0.5) is 11.4 Å². The third kappa shape index (κ3) is 8.62. The first kappa shape index (κ1) is 31.1. The molecule has 0 spiro atoms. The highest BCUT2D eigenvalue weighted by molar-refractivity contribution is 5.92. The number of nitrogens with one attached hydrogen (secondary N) is 2. The Morgan fingerprint density at radius 3 is 0.957 bits per heavy atom. The third-order valence-electron chi connectivity index (χ3n) is 8.10. The highest BCUT2D eigenvalue weighted by atomic mass is 16.5. The van der Waals surface area contributed by atoms with Gasteiger partial charge >= 0.3 is 0 Å². The summed E-state index contributed by atoms with van der Waals surface area (Å²) < 4.78 is 6.03. The normalized spacial score (nSPS) is 10.9. The SMILES string of the molecule is O=C(CC(c1ccccc1)c1ccccc1)Nc1ccc(Oc2ccc(NC(=O)CC(c3ccccc3)c3ccccc3)cc2)cc1. The molecule has 0 heterocycles. The van der Waals surface area contributed by atoms with Crippen LogP contribution >= 0.6 is 0 Å². The van der Waals surface area contributed by atoms with Crippen LogP contribution in [0.5, 0.6) is 11.5 Å². The number of anilines is 2. The molecule has 0 bridgehead atoms. The van der Waals surface area contributed by atoms with E-state index in [1.54, 1.807) is 0 Å². The van der Waals surface area contributed by atoms with Crippen LogP contribution in [0.3, 0.4) is 0 Å². The Hall–Kier alpha value is -5.94. The molecule has 0 saturated carbocycles. The maximum atomic E-state index is 13.1. The average molecular weight is 617 g/mol. The quantitative estimate of drug-likeness (QED) is 0.144. The van der Waals surface area contributed by atoms with E-state index in [2.05, 4.69) is 59.2 Å². The molecule has 0 aliphatic heterocycles. The molecule has 0 radical (unpaired) electrons. The lowest BCUT2D eigenvalue weighted by Crippen LogP contribution is -2.16. The summed E-state index contributed by atoms with van der Waals surface area (Å²) in [6.45, 7) is 0. The van der Waals surface area contributed by atoms with Gasteiger partial charge in [0.05, 0.1) is 0 Å². The van der Waals surface area contributed by atoms with Crippen molar-refractivity contribution in [3.05, 3.63) is 192 Å². The fourth-order valence-corrected chi connectivity index (χ4v) is 5.74. The first-order valence-corrected chi connectivity index (χ1v) is 15.8. The molecule has 0 aliphatic carbocycles. The lowest BCUT2D eigenvalue weighted by Gasteiger charge is -2.18. The number of ether oxygens (including phenoxy) is 1. The molecular formula is C42H36N2O3. The van der Waals surface area contributed by atoms with Crippen molar-refractivity contribution in [3.8, 4) is 11.5 Å². The Morgan fingerprint density at radius 2 is 0.681 bits per heavy atom. The summed E-state index contributed by atoms with van der Waals surface area (Å²) in [7, 11) is 0. The molecule has 0 atom stereocenters. The summed E-state index contributed by atoms with van der Waals surface area (Å²) in [6, 6.07) is 55.0. The smallest absolute Gasteiger partial charge is 0.225 e. The van der Waals surface area contributed by atoms with Crippen molar-refractivity contribution in [1.82, 2.24) is 0 Å². The lowest BCUT2D eigenvalue weighted by molar-refractivity contribution is -0.117. The zero-order valence-electron chi connectivity index (χ0n) is 26.0. The Morgan fingerprint density at radius 1 is 0.404 bits per heavy atom. The zero-order chi connectivity index (χ0) is 32.3. The Kier molecular flexibility index (Phi) is 10.2. The molecule has 0 fully saturated rings. The van der Waals surface area contributed by atoms with Crippen LogP contribution < -0.4 is 15.4 Å². The summed E-state index contributed by atoms with van der Waals surface area (Å²) in [4.78, 5) is 26.2. The Balaban J connectivity index is 1.03. The summed E-state index contributed by atoms with van der Waals surface area (Å²) in [5.41, 5.74) is 5.81. The summed E-state index contributed by atoms with van der Waals surface area (Å²) in [5.74, 6) is 1.07. The second-order valence-electron chi connectivity index (χ2n) is 11.4. The number of hydrogen-bond donors (Lipinski definition) is 2. The van der Waals surface area contributed by atoms with Crippen LogP contribution in [-0.4, -0.2) is 11.8 Å². The zero-order valence-corrected chi connectivity index (χ0v) is 26.0. The van der Waals surface area contributed by atoms with E-state index < -0.39 is 0 Å².